The van der Waals surface area contributed by atoms with Gasteiger partial charge < -0.3 is 15.2 Å². The van der Waals surface area contributed by atoms with Gasteiger partial charge in [-0.1, -0.05) is 35.3 Å². The van der Waals surface area contributed by atoms with Gasteiger partial charge in [-0.05, 0) is 24.1 Å². The Morgan fingerprint density at radius 2 is 2.00 bits per heavy atom. The second-order valence-corrected chi connectivity index (χ2v) is 5.59. The van der Waals surface area contributed by atoms with Crippen molar-refractivity contribution in [3.63, 3.8) is 0 Å². The fourth-order valence-electron chi connectivity index (χ4n) is 1.91. The molecule has 6 heteroatoms. The Morgan fingerprint density at radius 3 is 2.44 bits per heavy atom. The third-order valence-electron chi connectivity index (χ3n) is 2.99. The number of aliphatic hydroxyl groups is 1. The van der Waals surface area contributed by atoms with Crippen molar-refractivity contribution in [3.8, 4) is 5.75 Å². The highest BCUT2D eigenvalue weighted by Crippen LogP contribution is 2.33. The van der Waals surface area contributed by atoms with E-state index in [1.807, 2.05) is 24.3 Å². The molecule has 1 heterocycles. The molecule has 1 aliphatic heterocycles. The minimum atomic E-state index is -1.77. The Bertz CT molecular complexity index is 447. The summed E-state index contributed by atoms with van der Waals surface area (Å²) in [5.41, 5.74) is 0.950. The maximum Gasteiger partial charge on any atom is 0.259 e. The van der Waals surface area contributed by atoms with E-state index in [0.29, 0.717) is 6.42 Å². The number of ether oxygens (including phenoxy) is 1. The van der Waals surface area contributed by atoms with Gasteiger partial charge in [0.2, 0.25) is 4.33 Å². The van der Waals surface area contributed by atoms with Gasteiger partial charge in [0.15, 0.2) is 0 Å². The molecular formula is C12H13Cl2NO3. The van der Waals surface area contributed by atoms with Gasteiger partial charge in [-0.2, -0.15) is 0 Å². The molecule has 1 aliphatic rings. The van der Waals surface area contributed by atoms with Crippen LogP contribution in [0.3, 0.4) is 0 Å². The van der Waals surface area contributed by atoms with Crippen molar-refractivity contribution in [1.82, 2.24) is 5.32 Å². The van der Waals surface area contributed by atoms with E-state index in [1.165, 1.54) is 0 Å². The predicted molar refractivity (Wildman–Crippen MR) is 69.1 cm³/mol. The summed E-state index contributed by atoms with van der Waals surface area (Å²) in [6, 6.07) is 6.86. The fourth-order valence-corrected chi connectivity index (χ4v) is 2.32. The number of nitrogens with one attached hydrogen (secondary N) is 1. The van der Waals surface area contributed by atoms with Crippen LogP contribution >= 0.6 is 23.2 Å². The van der Waals surface area contributed by atoms with Gasteiger partial charge >= 0.3 is 0 Å². The highest BCUT2D eigenvalue weighted by molar-refractivity contribution is 6.59. The first-order valence-corrected chi connectivity index (χ1v) is 6.20. The second kappa shape index (κ2) is 4.96. The minimum absolute atomic E-state index is 0.456. The molecule has 1 aromatic rings. The van der Waals surface area contributed by atoms with Crippen LogP contribution in [0.25, 0.3) is 0 Å². The highest BCUT2D eigenvalue weighted by atomic mass is 35.5. The Hall–Kier alpha value is -0.970. The molecule has 0 spiro atoms. The molecule has 1 saturated heterocycles. The van der Waals surface area contributed by atoms with Crippen LogP contribution in [0.5, 0.6) is 5.75 Å². The van der Waals surface area contributed by atoms with E-state index in [2.05, 4.69) is 5.32 Å². The number of hydrogen-bond donors (Lipinski definition) is 2. The third kappa shape index (κ3) is 2.41. The lowest BCUT2D eigenvalue weighted by molar-refractivity contribution is -0.120. The van der Waals surface area contributed by atoms with Crippen LogP contribution in [0.15, 0.2) is 24.3 Å². The zero-order valence-electron chi connectivity index (χ0n) is 9.69. The first-order chi connectivity index (χ1) is 8.45. The summed E-state index contributed by atoms with van der Waals surface area (Å²) in [5.74, 6) is 0.190. The topological polar surface area (TPSA) is 58.6 Å². The summed E-state index contributed by atoms with van der Waals surface area (Å²) in [6.07, 6.45) is -0.673. The van der Waals surface area contributed by atoms with E-state index in [-0.39, 0.29) is 0 Å². The second-order valence-electron chi connectivity index (χ2n) is 4.20. The molecule has 0 saturated carbocycles. The standard InChI is InChI=1S/C12H13Cl2NO3/c1-18-8-4-2-7(3-5-8)6-9-10(16)12(13,14)11(17)15-9/h2-5,9-10,16H,6H2,1H3,(H,15,17)/t9-,10?/m1/s1. The van der Waals surface area contributed by atoms with Crippen molar-refractivity contribution < 1.29 is 14.6 Å². The molecule has 1 unspecified atom stereocenters. The van der Waals surface area contributed by atoms with Crippen LogP contribution in [0, 0.1) is 0 Å². The molecular weight excluding hydrogens is 277 g/mol. The lowest BCUT2D eigenvalue weighted by Crippen LogP contribution is -2.37. The average Bonchev–Trinajstić information content (AvgIpc) is 2.54. The van der Waals surface area contributed by atoms with Crippen LogP contribution in [0.4, 0.5) is 0 Å². The Labute approximate surface area is 115 Å². The van der Waals surface area contributed by atoms with E-state index in [9.17, 15) is 9.90 Å². The number of benzene rings is 1. The Morgan fingerprint density at radius 1 is 1.39 bits per heavy atom. The molecule has 0 aromatic heterocycles. The number of hydrogen-bond acceptors (Lipinski definition) is 3. The zero-order chi connectivity index (χ0) is 13.3. The fraction of sp³-hybridized carbons (Fsp3) is 0.417. The monoisotopic (exact) mass is 289 g/mol. The maximum absolute atomic E-state index is 11.5. The van der Waals surface area contributed by atoms with E-state index in [1.54, 1.807) is 7.11 Å². The lowest BCUT2D eigenvalue weighted by atomic mass is 10.0. The molecule has 2 N–H and O–H groups in total. The van der Waals surface area contributed by atoms with Crippen molar-refractivity contribution in [3.05, 3.63) is 29.8 Å². The van der Waals surface area contributed by atoms with Crippen molar-refractivity contribution in [2.24, 2.45) is 0 Å². The number of alkyl halides is 2. The molecule has 2 atom stereocenters. The maximum atomic E-state index is 11.5. The molecule has 4 nitrogen and oxygen atoms in total. The van der Waals surface area contributed by atoms with Crippen LogP contribution in [-0.2, 0) is 11.2 Å². The summed E-state index contributed by atoms with van der Waals surface area (Å²) < 4.78 is 3.28. The van der Waals surface area contributed by atoms with E-state index < -0.39 is 22.4 Å². The van der Waals surface area contributed by atoms with Gasteiger partial charge in [-0.3, -0.25) is 4.79 Å². The number of methoxy groups -OCH3 is 1. The summed E-state index contributed by atoms with van der Waals surface area (Å²) in [5, 5.41) is 12.5. The number of aliphatic hydroxyl groups excluding tert-OH is 1. The van der Waals surface area contributed by atoms with Crippen molar-refractivity contribution in [1.29, 1.82) is 0 Å². The molecule has 1 amide bonds. The largest absolute Gasteiger partial charge is 0.497 e. The number of halogens is 2. The third-order valence-corrected chi connectivity index (χ3v) is 3.78. The Kier molecular flexibility index (Phi) is 3.71. The molecule has 1 aromatic carbocycles. The molecule has 0 aliphatic carbocycles. The normalized spacial score (nSPS) is 25.9. The molecule has 98 valence electrons. The highest BCUT2D eigenvalue weighted by Gasteiger charge is 2.52. The first kappa shape index (κ1) is 13.5. The number of carbonyl (C=O) groups excluding carboxylic acids is 1. The molecule has 2 rings (SSSR count). The van der Waals surface area contributed by atoms with Gasteiger partial charge in [0.05, 0.1) is 13.2 Å². The van der Waals surface area contributed by atoms with Crippen molar-refractivity contribution in [2.45, 2.75) is 22.9 Å². The van der Waals surface area contributed by atoms with Gasteiger partial charge in [-0.15, -0.1) is 0 Å². The predicted octanol–water partition coefficient (Wildman–Crippen LogP) is 1.27. The van der Waals surface area contributed by atoms with E-state index >= 15 is 0 Å². The lowest BCUT2D eigenvalue weighted by Gasteiger charge is -2.18. The molecule has 18 heavy (non-hydrogen) atoms. The number of carbonyl (C=O) groups is 1. The smallest absolute Gasteiger partial charge is 0.259 e. The Balaban J connectivity index is 2.08. The number of rotatable bonds is 3. The summed E-state index contributed by atoms with van der Waals surface area (Å²) in [4.78, 5) is 11.5. The summed E-state index contributed by atoms with van der Waals surface area (Å²) in [6.45, 7) is 0. The molecule has 0 radical (unpaired) electrons. The van der Waals surface area contributed by atoms with Crippen molar-refractivity contribution >= 4 is 29.1 Å². The van der Waals surface area contributed by atoms with Crippen LogP contribution in [0.2, 0.25) is 0 Å². The van der Waals surface area contributed by atoms with Gasteiger partial charge in [0, 0.05) is 0 Å². The average molecular weight is 290 g/mol. The minimum Gasteiger partial charge on any atom is -0.497 e. The van der Waals surface area contributed by atoms with Crippen LogP contribution in [0.1, 0.15) is 5.56 Å². The quantitative estimate of drug-likeness (QED) is 0.824. The SMILES string of the molecule is COc1ccc(C[C@H]2NC(=O)C(Cl)(Cl)C2O)cc1. The molecule has 1 fully saturated rings. The van der Waals surface area contributed by atoms with E-state index in [0.717, 1.165) is 11.3 Å². The van der Waals surface area contributed by atoms with Crippen LogP contribution in [-0.4, -0.2) is 34.6 Å². The van der Waals surface area contributed by atoms with Gasteiger partial charge in [-0.25, -0.2) is 0 Å². The van der Waals surface area contributed by atoms with Crippen LogP contribution < -0.4 is 10.1 Å². The summed E-state index contributed by atoms with van der Waals surface area (Å²) in [7, 11) is 1.59. The molecule has 0 bridgehead atoms. The van der Waals surface area contributed by atoms with Gasteiger partial charge in [0.25, 0.3) is 5.91 Å². The number of amides is 1. The zero-order valence-corrected chi connectivity index (χ0v) is 11.2. The van der Waals surface area contributed by atoms with E-state index in [4.69, 9.17) is 27.9 Å². The first-order valence-electron chi connectivity index (χ1n) is 5.45. The summed E-state index contributed by atoms with van der Waals surface area (Å²) >= 11 is 11.5. The van der Waals surface area contributed by atoms with Crippen molar-refractivity contribution in [2.75, 3.05) is 7.11 Å². The van der Waals surface area contributed by atoms with Gasteiger partial charge in [0.1, 0.15) is 11.9 Å².